The highest BCUT2D eigenvalue weighted by Gasteiger charge is 2.24. The number of carbonyl (C=O) groups excluding carboxylic acids is 2. The van der Waals surface area contributed by atoms with Crippen molar-refractivity contribution < 1.29 is 14.3 Å². The summed E-state index contributed by atoms with van der Waals surface area (Å²) in [4.78, 5) is 26.0. The third kappa shape index (κ3) is 8.28. The molecule has 2 N–H and O–H groups in total. The van der Waals surface area contributed by atoms with Crippen molar-refractivity contribution in [1.29, 1.82) is 5.26 Å². The molecule has 3 rings (SSSR count). The number of thiophene rings is 1. The summed E-state index contributed by atoms with van der Waals surface area (Å²) in [5.74, 6) is 0.0977. The molecular weight excluding hydrogens is 702 g/mol. The smallest absolute Gasteiger partial charge is 0.262 e. The number of hydrogen-bond donors (Lipinski definition) is 2. The van der Waals surface area contributed by atoms with Gasteiger partial charge in [-0.3, -0.25) is 9.59 Å². The fourth-order valence-electron chi connectivity index (χ4n) is 3.19. The van der Waals surface area contributed by atoms with Gasteiger partial charge in [0.25, 0.3) is 5.91 Å². The number of hydrazone groups is 1. The minimum Gasteiger partial charge on any atom is -0.487 e. The van der Waals surface area contributed by atoms with E-state index in [0.29, 0.717) is 12.2 Å². The van der Waals surface area contributed by atoms with Crippen LogP contribution in [-0.2, 0) is 22.6 Å². The predicted molar refractivity (Wildman–Crippen MR) is 158 cm³/mol. The van der Waals surface area contributed by atoms with Crippen LogP contribution in [0.1, 0.15) is 35.4 Å². The van der Waals surface area contributed by atoms with Gasteiger partial charge in [0.15, 0.2) is 0 Å². The van der Waals surface area contributed by atoms with Crippen LogP contribution in [0.15, 0.2) is 59.0 Å². The molecule has 0 aliphatic carbocycles. The normalized spacial score (nSPS) is 11.8. The maximum absolute atomic E-state index is 12.7. The van der Waals surface area contributed by atoms with Gasteiger partial charge in [0.05, 0.1) is 31.4 Å². The van der Waals surface area contributed by atoms with Gasteiger partial charge < -0.3 is 10.1 Å². The number of ether oxygens (including phenoxy) is 1. The standard InChI is InChI=1S/C26H24I2N4O3S/c1-16(2)24(31-23(33)12-20-4-3-9-36-20)26(34)32-30-14-19-10-21(27)25(22(28)11-19)35-15-18-7-5-17(13-29)6-8-18/h3-11,14,16,24H,12,15H2,1-2H3,(H,31,33)(H,32,34)/b30-14-/t24-/m1/s1. The summed E-state index contributed by atoms with van der Waals surface area (Å²) >= 11 is 5.91. The Balaban J connectivity index is 1.58. The van der Waals surface area contributed by atoms with Crippen LogP contribution in [0, 0.1) is 24.4 Å². The number of amides is 2. The van der Waals surface area contributed by atoms with Crippen LogP contribution < -0.4 is 15.5 Å². The maximum Gasteiger partial charge on any atom is 0.262 e. The topological polar surface area (TPSA) is 104 Å². The first kappa shape index (κ1) is 28.1. The minimum atomic E-state index is -0.687. The van der Waals surface area contributed by atoms with Gasteiger partial charge >= 0.3 is 0 Å². The molecule has 0 saturated heterocycles. The van der Waals surface area contributed by atoms with Gasteiger partial charge in [-0.05, 0) is 97.9 Å². The SMILES string of the molecule is CC(C)[C@@H](NC(=O)Cc1cccs1)C(=O)N/N=C\c1cc(I)c(OCc2ccc(C#N)cc2)c(I)c1. The predicted octanol–water partition coefficient (Wildman–Crippen LogP) is 5.24. The third-order valence-electron chi connectivity index (χ3n) is 5.06. The summed E-state index contributed by atoms with van der Waals surface area (Å²) < 4.78 is 7.81. The van der Waals surface area contributed by atoms with Crippen LogP contribution in [0.5, 0.6) is 5.75 Å². The van der Waals surface area contributed by atoms with E-state index in [-0.39, 0.29) is 24.2 Å². The molecule has 0 unspecified atom stereocenters. The lowest BCUT2D eigenvalue weighted by molar-refractivity contribution is -0.129. The molecule has 3 aromatic rings. The minimum absolute atomic E-state index is 0.0954. The second-order valence-electron chi connectivity index (χ2n) is 8.19. The molecule has 1 aromatic heterocycles. The Bertz CT molecular complexity index is 1250. The highest BCUT2D eigenvalue weighted by atomic mass is 127. The number of nitrogens with zero attached hydrogens (tertiary/aromatic N) is 2. The Morgan fingerprint density at radius 2 is 1.86 bits per heavy atom. The van der Waals surface area contributed by atoms with Crippen molar-refractivity contribution >= 4 is 74.5 Å². The molecule has 1 atom stereocenters. The van der Waals surface area contributed by atoms with Crippen molar-refractivity contribution in [2.45, 2.75) is 32.9 Å². The summed E-state index contributed by atoms with van der Waals surface area (Å²) in [5.41, 5.74) is 4.93. The second kappa shape index (κ2) is 13.7. The number of nitrogens with one attached hydrogen (secondary N) is 2. The van der Waals surface area contributed by atoms with E-state index in [0.717, 1.165) is 28.9 Å². The van der Waals surface area contributed by atoms with Crippen molar-refractivity contribution in [3.8, 4) is 11.8 Å². The molecule has 2 amide bonds. The van der Waals surface area contributed by atoms with Gasteiger partial charge in [-0.25, -0.2) is 5.43 Å². The zero-order chi connectivity index (χ0) is 26.1. The van der Waals surface area contributed by atoms with Crippen molar-refractivity contribution in [3.05, 3.63) is 82.6 Å². The third-order valence-corrected chi connectivity index (χ3v) is 7.53. The van der Waals surface area contributed by atoms with Gasteiger partial charge in [0.1, 0.15) is 18.4 Å². The van der Waals surface area contributed by atoms with E-state index >= 15 is 0 Å². The fraction of sp³-hybridized carbons (Fsp3) is 0.231. The highest BCUT2D eigenvalue weighted by Crippen LogP contribution is 2.29. The number of halogens is 2. The van der Waals surface area contributed by atoms with Crippen molar-refractivity contribution in [3.63, 3.8) is 0 Å². The average Bonchev–Trinajstić information content (AvgIpc) is 3.35. The van der Waals surface area contributed by atoms with Crippen molar-refractivity contribution in [1.82, 2.24) is 10.7 Å². The maximum atomic E-state index is 12.7. The Hall–Kier alpha value is -2.50. The molecule has 0 spiro atoms. The zero-order valence-corrected chi connectivity index (χ0v) is 24.8. The Labute approximate surface area is 241 Å². The van der Waals surface area contributed by atoms with E-state index in [9.17, 15) is 9.59 Å². The number of nitriles is 1. The number of rotatable bonds is 10. The van der Waals surface area contributed by atoms with E-state index < -0.39 is 6.04 Å². The van der Waals surface area contributed by atoms with Gasteiger partial charge in [-0.15, -0.1) is 11.3 Å². The molecule has 2 aromatic carbocycles. The molecule has 0 aliphatic rings. The van der Waals surface area contributed by atoms with Gasteiger partial charge in [0, 0.05) is 4.88 Å². The van der Waals surface area contributed by atoms with Crippen LogP contribution in [-0.4, -0.2) is 24.1 Å². The highest BCUT2D eigenvalue weighted by molar-refractivity contribution is 14.1. The van der Waals surface area contributed by atoms with E-state index in [1.54, 1.807) is 18.3 Å². The quantitative estimate of drug-likeness (QED) is 0.170. The fourth-order valence-corrected chi connectivity index (χ4v) is 6.02. The molecule has 0 bridgehead atoms. The van der Waals surface area contributed by atoms with Crippen LogP contribution in [0.2, 0.25) is 0 Å². The molecule has 0 radical (unpaired) electrons. The molecule has 7 nitrogen and oxygen atoms in total. The monoisotopic (exact) mass is 726 g/mol. The van der Waals surface area contributed by atoms with Crippen LogP contribution in [0.4, 0.5) is 0 Å². The summed E-state index contributed by atoms with van der Waals surface area (Å²) in [6, 6.07) is 16.3. The lowest BCUT2D eigenvalue weighted by Crippen LogP contribution is -2.49. The van der Waals surface area contributed by atoms with Crippen LogP contribution in [0.25, 0.3) is 0 Å². The molecule has 0 saturated carbocycles. The van der Waals surface area contributed by atoms with Gasteiger partial charge in [-0.2, -0.15) is 10.4 Å². The molecule has 186 valence electrons. The van der Waals surface area contributed by atoms with E-state index in [2.05, 4.69) is 67.1 Å². The summed E-state index contributed by atoms with van der Waals surface area (Å²) in [6.07, 6.45) is 1.81. The molecular formula is C26H24I2N4O3S. The number of benzene rings is 2. The molecule has 1 heterocycles. The van der Waals surface area contributed by atoms with E-state index in [1.807, 2.05) is 55.6 Å². The Morgan fingerprint density at radius 1 is 1.17 bits per heavy atom. The largest absolute Gasteiger partial charge is 0.487 e. The first-order valence-electron chi connectivity index (χ1n) is 11.0. The molecule has 10 heteroatoms. The number of hydrogen-bond acceptors (Lipinski definition) is 6. The van der Waals surface area contributed by atoms with Crippen molar-refractivity contribution in [2.24, 2.45) is 11.0 Å². The average molecular weight is 726 g/mol. The summed E-state index contributed by atoms with van der Waals surface area (Å²) in [7, 11) is 0. The van der Waals surface area contributed by atoms with Crippen LogP contribution in [0.3, 0.4) is 0 Å². The molecule has 36 heavy (non-hydrogen) atoms. The number of carbonyl (C=O) groups is 2. The van der Waals surface area contributed by atoms with Gasteiger partial charge in [-0.1, -0.05) is 32.0 Å². The second-order valence-corrected chi connectivity index (χ2v) is 11.5. The zero-order valence-electron chi connectivity index (χ0n) is 19.6. The lowest BCUT2D eigenvalue weighted by Gasteiger charge is -2.20. The lowest BCUT2D eigenvalue weighted by atomic mass is 10.0. The van der Waals surface area contributed by atoms with E-state index in [1.165, 1.54) is 11.3 Å². The van der Waals surface area contributed by atoms with Crippen molar-refractivity contribution in [2.75, 3.05) is 0 Å². The molecule has 0 aliphatic heterocycles. The van der Waals surface area contributed by atoms with Gasteiger partial charge in [0.2, 0.25) is 5.91 Å². The Morgan fingerprint density at radius 3 is 2.44 bits per heavy atom. The summed E-state index contributed by atoms with van der Waals surface area (Å²) in [6.45, 7) is 4.14. The Kier molecular flexibility index (Phi) is 10.7. The van der Waals surface area contributed by atoms with Crippen LogP contribution >= 0.6 is 56.5 Å². The summed E-state index contributed by atoms with van der Waals surface area (Å²) in [5, 5.41) is 17.8. The first-order chi connectivity index (χ1) is 17.3. The van der Waals surface area contributed by atoms with E-state index in [4.69, 9.17) is 10.00 Å². The molecule has 0 fully saturated rings. The first-order valence-corrected chi connectivity index (χ1v) is 14.1.